The second-order valence-corrected chi connectivity index (χ2v) is 9.01. The lowest BCUT2D eigenvalue weighted by Crippen LogP contribution is -2.21. The van der Waals surface area contributed by atoms with Gasteiger partial charge in [-0.25, -0.2) is 4.79 Å². The number of ether oxygens (including phenoxy) is 1. The largest absolute Gasteiger partial charge is 0.457 e. The van der Waals surface area contributed by atoms with Crippen LogP contribution in [0.25, 0.3) is 34.3 Å². The fraction of sp³-hybridized carbons (Fsp3) is 0.100. The van der Waals surface area contributed by atoms with Gasteiger partial charge in [0.25, 0.3) is 0 Å². The van der Waals surface area contributed by atoms with Crippen LogP contribution in [0, 0.1) is 0 Å². The summed E-state index contributed by atoms with van der Waals surface area (Å²) in [6.45, 7) is 2.13. The number of aromatic nitrogens is 4. The van der Waals surface area contributed by atoms with E-state index in [2.05, 4.69) is 29.0 Å². The molecule has 5 aromatic rings. The second-order valence-electron chi connectivity index (χ2n) is 9.01. The van der Waals surface area contributed by atoms with Crippen molar-refractivity contribution in [3.05, 3.63) is 119 Å². The summed E-state index contributed by atoms with van der Waals surface area (Å²) in [4.78, 5) is 22.5. The number of aryl methyl sites for hydroxylation is 1. The van der Waals surface area contributed by atoms with Gasteiger partial charge in [0.1, 0.15) is 11.5 Å². The molecule has 3 heterocycles. The molecule has 0 radical (unpaired) electrons. The molecule has 0 spiro atoms. The Balaban J connectivity index is 1.40. The van der Waals surface area contributed by atoms with E-state index in [1.807, 2.05) is 79.1 Å². The fourth-order valence-corrected chi connectivity index (χ4v) is 4.57. The van der Waals surface area contributed by atoms with Gasteiger partial charge in [-0.1, -0.05) is 35.9 Å². The first-order valence-corrected chi connectivity index (χ1v) is 11.8. The molecular formula is C30H24N4O2. The average molecular weight is 473 g/mol. The first kappa shape index (κ1) is 21.8. The zero-order valence-electron chi connectivity index (χ0n) is 20.1. The summed E-state index contributed by atoms with van der Waals surface area (Å²) in [6.07, 6.45) is 8.59. The number of pyridine rings is 2. The lowest BCUT2D eigenvalue weighted by Gasteiger charge is -2.11. The van der Waals surface area contributed by atoms with E-state index in [1.165, 1.54) is 5.57 Å². The normalized spacial score (nSPS) is 12.3. The van der Waals surface area contributed by atoms with Crippen LogP contribution < -0.4 is 10.4 Å². The van der Waals surface area contributed by atoms with Crippen LogP contribution >= 0.6 is 0 Å². The van der Waals surface area contributed by atoms with E-state index < -0.39 is 0 Å². The number of benzene rings is 2. The van der Waals surface area contributed by atoms with E-state index in [0.717, 1.165) is 34.6 Å². The third-order valence-electron chi connectivity index (χ3n) is 6.31. The lowest BCUT2D eigenvalue weighted by atomic mass is 10.0. The Morgan fingerprint density at radius 1 is 0.889 bits per heavy atom. The van der Waals surface area contributed by atoms with E-state index in [4.69, 9.17) is 4.74 Å². The SMILES string of the molecule is CC1=Cc2cc(-c3ccnc(-c4cn(C)c(=O)n4-c4cccc(Oc5ccccc5)c4)c3)cnc2C1. The Kier molecular flexibility index (Phi) is 5.34. The first-order chi connectivity index (χ1) is 17.5. The van der Waals surface area contributed by atoms with Gasteiger partial charge in [-0.2, -0.15) is 0 Å². The summed E-state index contributed by atoms with van der Waals surface area (Å²) in [7, 11) is 1.75. The molecule has 2 aromatic carbocycles. The lowest BCUT2D eigenvalue weighted by molar-refractivity contribution is 0.482. The van der Waals surface area contributed by atoms with E-state index in [9.17, 15) is 4.79 Å². The standard InChI is InChI=1S/C30H24N4O2/c1-20-13-22-15-23(18-32-27(22)14-20)21-11-12-31-28(16-21)29-19-33(2)30(35)34(29)24-7-6-10-26(17-24)36-25-8-4-3-5-9-25/h3-13,15-19H,14H2,1-2H3. The van der Waals surface area contributed by atoms with Crippen molar-refractivity contribution < 1.29 is 4.74 Å². The highest BCUT2D eigenvalue weighted by Crippen LogP contribution is 2.30. The molecule has 6 nitrogen and oxygen atoms in total. The van der Waals surface area contributed by atoms with Crippen LogP contribution in [0.15, 0.2) is 102 Å². The molecular weight excluding hydrogens is 448 g/mol. The van der Waals surface area contributed by atoms with Crippen molar-refractivity contribution in [2.24, 2.45) is 7.05 Å². The molecule has 0 saturated heterocycles. The number of para-hydroxylation sites is 1. The van der Waals surface area contributed by atoms with Crippen LogP contribution in [-0.4, -0.2) is 19.1 Å². The molecule has 0 saturated carbocycles. The maximum atomic E-state index is 13.2. The summed E-state index contributed by atoms with van der Waals surface area (Å²) in [5, 5.41) is 0. The van der Waals surface area contributed by atoms with Crippen LogP contribution in [0.2, 0.25) is 0 Å². The summed E-state index contributed by atoms with van der Waals surface area (Å²) in [6, 6.07) is 23.2. The minimum atomic E-state index is -0.158. The predicted octanol–water partition coefficient (Wildman–Crippen LogP) is 6.05. The van der Waals surface area contributed by atoms with Gasteiger partial charge in [0.2, 0.25) is 0 Å². The Morgan fingerprint density at radius 3 is 2.58 bits per heavy atom. The molecule has 1 aliphatic carbocycles. The highest BCUT2D eigenvalue weighted by atomic mass is 16.5. The number of nitrogens with zero attached hydrogens (tertiary/aromatic N) is 4. The van der Waals surface area contributed by atoms with Crippen LogP contribution in [0.4, 0.5) is 0 Å². The predicted molar refractivity (Wildman–Crippen MR) is 141 cm³/mol. The quantitative estimate of drug-likeness (QED) is 0.312. The van der Waals surface area contributed by atoms with E-state index >= 15 is 0 Å². The van der Waals surface area contributed by atoms with E-state index in [0.29, 0.717) is 22.8 Å². The highest BCUT2D eigenvalue weighted by Gasteiger charge is 2.17. The number of hydrogen-bond donors (Lipinski definition) is 0. The molecule has 0 bridgehead atoms. The topological polar surface area (TPSA) is 61.9 Å². The Hall–Kier alpha value is -4.71. The van der Waals surface area contributed by atoms with E-state index in [-0.39, 0.29) is 5.69 Å². The van der Waals surface area contributed by atoms with Crippen molar-refractivity contribution in [3.8, 4) is 39.7 Å². The first-order valence-electron chi connectivity index (χ1n) is 11.8. The molecule has 176 valence electrons. The molecule has 0 atom stereocenters. The smallest absolute Gasteiger partial charge is 0.333 e. The van der Waals surface area contributed by atoms with E-state index in [1.54, 1.807) is 22.4 Å². The maximum absolute atomic E-state index is 13.2. The Labute approximate surface area is 208 Å². The number of rotatable bonds is 5. The molecule has 0 amide bonds. The number of allylic oxidation sites excluding steroid dienone is 1. The van der Waals surface area contributed by atoms with Crippen LogP contribution in [-0.2, 0) is 13.5 Å². The second kappa shape index (κ2) is 8.82. The molecule has 1 aliphatic rings. The summed E-state index contributed by atoms with van der Waals surface area (Å²) in [5.41, 5.74) is 7.55. The molecule has 6 heteroatoms. The highest BCUT2D eigenvalue weighted by molar-refractivity contribution is 5.73. The minimum absolute atomic E-state index is 0.158. The number of fused-ring (bicyclic) bond motifs is 1. The van der Waals surface area contributed by atoms with Crippen molar-refractivity contribution in [3.63, 3.8) is 0 Å². The van der Waals surface area contributed by atoms with Crippen molar-refractivity contribution in [1.29, 1.82) is 0 Å². The number of hydrogen-bond acceptors (Lipinski definition) is 4. The Morgan fingerprint density at radius 2 is 1.72 bits per heavy atom. The zero-order chi connectivity index (χ0) is 24.6. The molecule has 0 fully saturated rings. The van der Waals surface area contributed by atoms with Gasteiger partial charge in [0, 0.05) is 43.7 Å². The molecule has 0 aliphatic heterocycles. The average Bonchev–Trinajstić information content (AvgIpc) is 3.42. The summed E-state index contributed by atoms with van der Waals surface area (Å²) >= 11 is 0. The van der Waals surface area contributed by atoms with Crippen molar-refractivity contribution in [1.82, 2.24) is 19.1 Å². The van der Waals surface area contributed by atoms with Crippen molar-refractivity contribution in [2.45, 2.75) is 13.3 Å². The van der Waals surface area contributed by atoms with Crippen LogP contribution in [0.5, 0.6) is 11.5 Å². The van der Waals surface area contributed by atoms with Gasteiger partial charge in [-0.05, 0) is 60.5 Å². The monoisotopic (exact) mass is 472 g/mol. The molecule has 0 unspecified atom stereocenters. The Bertz CT molecular complexity index is 1680. The van der Waals surface area contributed by atoms with Gasteiger partial charge >= 0.3 is 5.69 Å². The molecule has 6 rings (SSSR count). The third kappa shape index (κ3) is 4.03. The van der Waals surface area contributed by atoms with Gasteiger partial charge in [0.15, 0.2) is 0 Å². The molecule has 0 N–H and O–H groups in total. The third-order valence-corrected chi connectivity index (χ3v) is 6.31. The van der Waals surface area contributed by atoms with Crippen molar-refractivity contribution >= 4 is 6.08 Å². The van der Waals surface area contributed by atoms with Crippen molar-refractivity contribution in [2.75, 3.05) is 0 Å². The van der Waals surface area contributed by atoms with Gasteiger partial charge in [0.05, 0.1) is 22.8 Å². The minimum Gasteiger partial charge on any atom is -0.457 e. The summed E-state index contributed by atoms with van der Waals surface area (Å²) in [5.74, 6) is 1.38. The summed E-state index contributed by atoms with van der Waals surface area (Å²) < 4.78 is 9.24. The van der Waals surface area contributed by atoms with Gasteiger partial charge in [-0.15, -0.1) is 0 Å². The van der Waals surface area contributed by atoms with Gasteiger partial charge < -0.3 is 9.30 Å². The zero-order valence-corrected chi connectivity index (χ0v) is 20.1. The maximum Gasteiger partial charge on any atom is 0.333 e. The fourth-order valence-electron chi connectivity index (χ4n) is 4.57. The number of imidazole rings is 1. The molecule has 3 aromatic heterocycles. The van der Waals surface area contributed by atoms with Crippen LogP contribution in [0.1, 0.15) is 18.2 Å². The van der Waals surface area contributed by atoms with Crippen LogP contribution in [0.3, 0.4) is 0 Å². The molecule has 36 heavy (non-hydrogen) atoms. The van der Waals surface area contributed by atoms with Gasteiger partial charge in [-0.3, -0.25) is 14.5 Å².